The van der Waals surface area contributed by atoms with Gasteiger partial charge in [-0.1, -0.05) is 25.1 Å². The van der Waals surface area contributed by atoms with Crippen molar-refractivity contribution in [2.75, 3.05) is 44.6 Å². The van der Waals surface area contributed by atoms with Crippen molar-refractivity contribution in [3.63, 3.8) is 0 Å². The fourth-order valence-electron chi connectivity index (χ4n) is 4.56. The van der Waals surface area contributed by atoms with Crippen molar-refractivity contribution in [3.8, 4) is 5.75 Å². The van der Waals surface area contributed by atoms with Gasteiger partial charge in [-0.05, 0) is 48.2 Å². The number of piperazine rings is 1. The summed E-state index contributed by atoms with van der Waals surface area (Å²) < 4.78 is 5.61. The highest BCUT2D eigenvalue weighted by molar-refractivity contribution is 5.93. The molecule has 3 N–H and O–H groups in total. The predicted octanol–water partition coefficient (Wildman–Crippen LogP) is 0.414. The lowest BCUT2D eigenvalue weighted by Crippen LogP contribution is -3.28. The molecule has 0 atom stereocenters. The number of quaternary nitrogens is 2. The number of hydrogen-bond acceptors (Lipinski definition) is 2. The van der Waals surface area contributed by atoms with Gasteiger partial charge in [-0.25, -0.2) is 0 Å². The molecule has 1 amide bonds. The number of anilines is 1. The lowest BCUT2D eigenvalue weighted by Gasteiger charge is -2.29. The molecule has 0 radical (unpaired) electrons. The SMILES string of the molecule is CCc1cccc(C)c1NC(=O)C[NH+]1CC[NH+](Cc2ccc3c(c2)CCO3)CC1. The van der Waals surface area contributed by atoms with Gasteiger partial charge < -0.3 is 19.9 Å². The predicted molar refractivity (Wildman–Crippen MR) is 115 cm³/mol. The first kappa shape index (κ1) is 19.9. The summed E-state index contributed by atoms with van der Waals surface area (Å²) in [5.41, 5.74) is 6.11. The number of benzene rings is 2. The van der Waals surface area contributed by atoms with Crippen LogP contribution in [0.5, 0.6) is 5.75 Å². The first-order chi connectivity index (χ1) is 14.1. The molecule has 1 saturated heterocycles. The van der Waals surface area contributed by atoms with Crippen LogP contribution in [-0.2, 0) is 24.2 Å². The Morgan fingerprint density at radius 1 is 1.10 bits per heavy atom. The van der Waals surface area contributed by atoms with Crippen molar-refractivity contribution < 1.29 is 19.3 Å². The molecule has 0 saturated carbocycles. The van der Waals surface area contributed by atoms with Crippen LogP contribution in [0.4, 0.5) is 5.69 Å². The monoisotopic (exact) mass is 395 g/mol. The maximum atomic E-state index is 12.6. The van der Waals surface area contributed by atoms with Crippen LogP contribution in [0.1, 0.15) is 29.2 Å². The molecule has 4 rings (SSSR count). The van der Waals surface area contributed by atoms with Crippen LogP contribution >= 0.6 is 0 Å². The number of carbonyl (C=O) groups is 1. The Balaban J connectivity index is 1.26. The zero-order valence-electron chi connectivity index (χ0n) is 17.6. The molecule has 0 unspecified atom stereocenters. The molecule has 0 spiro atoms. The highest BCUT2D eigenvalue weighted by Gasteiger charge is 2.25. The Kier molecular flexibility index (Phi) is 6.16. The molecule has 2 aliphatic rings. The largest absolute Gasteiger partial charge is 0.493 e. The van der Waals surface area contributed by atoms with E-state index in [4.69, 9.17) is 4.74 Å². The van der Waals surface area contributed by atoms with Gasteiger partial charge in [-0.2, -0.15) is 0 Å². The minimum absolute atomic E-state index is 0.131. The maximum absolute atomic E-state index is 12.6. The molecule has 2 aromatic carbocycles. The van der Waals surface area contributed by atoms with Crippen LogP contribution in [0.25, 0.3) is 0 Å². The van der Waals surface area contributed by atoms with Crippen molar-refractivity contribution in [3.05, 3.63) is 58.7 Å². The van der Waals surface area contributed by atoms with Crippen LogP contribution in [0.3, 0.4) is 0 Å². The summed E-state index contributed by atoms with van der Waals surface area (Å²) in [4.78, 5) is 15.6. The quantitative estimate of drug-likeness (QED) is 0.664. The minimum Gasteiger partial charge on any atom is -0.493 e. The fraction of sp³-hybridized carbons (Fsp3) is 0.458. The van der Waals surface area contributed by atoms with Crippen LogP contribution in [0, 0.1) is 6.92 Å². The summed E-state index contributed by atoms with van der Waals surface area (Å²) in [5.74, 6) is 1.19. The first-order valence-electron chi connectivity index (χ1n) is 10.9. The molecule has 5 nitrogen and oxygen atoms in total. The number of carbonyl (C=O) groups excluding carboxylic acids is 1. The van der Waals surface area contributed by atoms with Crippen LogP contribution in [0.2, 0.25) is 0 Å². The molecule has 5 heteroatoms. The Labute approximate surface area is 173 Å². The Hall–Kier alpha value is -2.37. The zero-order chi connectivity index (χ0) is 20.2. The van der Waals surface area contributed by atoms with E-state index in [1.165, 1.54) is 21.6 Å². The van der Waals surface area contributed by atoms with Gasteiger partial charge in [0.1, 0.15) is 38.5 Å². The van der Waals surface area contributed by atoms with E-state index in [9.17, 15) is 4.79 Å². The van der Waals surface area contributed by atoms with Gasteiger partial charge in [0.2, 0.25) is 0 Å². The summed E-state index contributed by atoms with van der Waals surface area (Å²) in [6, 6.07) is 12.9. The number of nitrogens with one attached hydrogen (secondary N) is 3. The normalized spacial score (nSPS) is 20.8. The Morgan fingerprint density at radius 2 is 1.90 bits per heavy atom. The Morgan fingerprint density at radius 3 is 2.69 bits per heavy atom. The highest BCUT2D eigenvalue weighted by atomic mass is 16.5. The molecule has 29 heavy (non-hydrogen) atoms. The van der Waals surface area contributed by atoms with E-state index in [-0.39, 0.29) is 5.91 Å². The summed E-state index contributed by atoms with van der Waals surface area (Å²) in [6.45, 7) is 11.0. The molecule has 154 valence electrons. The van der Waals surface area contributed by atoms with E-state index in [0.717, 1.165) is 69.2 Å². The molecule has 2 heterocycles. The number of ether oxygens (including phenoxy) is 1. The molecule has 0 bridgehead atoms. The molecule has 1 fully saturated rings. The van der Waals surface area contributed by atoms with Gasteiger partial charge in [-0.15, -0.1) is 0 Å². The third-order valence-electron chi connectivity index (χ3n) is 6.29. The number of rotatable bonds is 6. The topological polar surface area (TPSA) is 47.2 Å². The molecular weight excluding hydrogens is 362 g/mol. The summed E-state index contributed by atoms with van der Waals surface area (Å²) in [5, 5.41) is 3.17. The first-order valence-corrected chi connectivity index (χ1v) is 10.9. The fourth-order valence-corrected chi connectivity index (χ4v) is 4.56. The van der Waals surface area contributed by atoms with E-state index in [1.54, 1.807) is 4.90 Å². The zero-order valence-corrected chi connectivity index (χ0v) is 17.6. The second kappa shape index (κ2) is 8.97. The number of hydrogen-bond donors (Lipinski definition) is 3. The second-order valence-electron chi connectivity index (χ2n) is 8.40. The molecule has 2 aliphatic heterocycles. The van der Waals surface area contributed by atoms with Gasteiger partial charge in [0, 0.05) is 17.7 Å². The van der Waals surface area contributed by atoms with Crippen molar-refractivity contribution >= 4 is 11.6 Å². The van der Waals surface area contributed by atoms with E-state index >= 15 is 0 Å². The number of para-hydroxylation sites is 1. The summed E-state index contributed by atoms with van der Waals surface area (Å²) in [6.07, 6.45) is 1.97. The number of amides is 1. The third kappa shape index (κ3) is 4.80. The number of aryl methyl sites for hydroxylation is 2. The molecule has 0 aliphatic carbocycles. The van der Waals surface area contributed by atoms with Crippen molar-refractivity contribution in [2.24, 2.45) is 0 Å². The summed E-state index contributed by atoms with van der Waals surface area (Å²) >= 11 is 0. The average molecular weight is 396 g/mol. The van der Waals surface area contributed by atoms with Gasteiger partial charge in [0.15, 0.2) is 6.54 Å². The van der Waals surface area contributed by atoms with Gasteiger partial charge in [0.05, 0.1) is 6.61 Å². The average Bonchev–Trinajstić information content (AvgIpc) is 3.19. The molecule has 2 aromatic rings. The van der Waals surface area contributed by atoms with Crippen LogP contribution in [-0.4, -0.2) is 45.2 Å². The van der Waals surface area contributed by atoms with Gasteiger partial charge in [0.25, 0.3) is 5.91 Å². The highest BCUT2D eigenvalue weighted by Crippen LogP contribution is 2.25. The van der Waals surface area contributed by atoms with Crippen LogP contribution in [0.15, 0.2) is 36.4 Å². The van der Waals surface area contributed by atoms with Crippen molar-refractivity contribution in [1.82, 2.24) is 0 Å². The van der Waals surface area contributed by atoms with Crippen molar-refractivity contribution in [1.29, 1.82) is 0 Å². The summed E-state index contributed by atoms with van der Waals surface area (Å²) in [7, 11) is 0. The molecular formula is C24H33N3O2+2. The standard InChI is InChI=1S/C24H31N3O2/c1-3-20-6-4-5-18(2)24(20)25-23(28)17-27-12-10-26(11-13-27)16-19-7-8-22-21(15-19)9-14-29-22/h4-8,15H,3,9-14,16-17H2,1-2H3,(H,25,28)/p+2. The minimum atomic E-state index is 0.131. The third-order valence-corrected chi connectivity index (χ3v) is 6.29. The maximum Gasteiger partial charge on any atom is 0.279 e. The lowest BCUT2D eigenvalue weighted by atomic mass is 10.1. The van der Waals surface area contributed by atoms with E-state index in [1.807, 2.05) is 0 Å². The van der Waals surface area contributed by atoms with Gasteiger partial charge >= 0.3 is 0 Å². The smallest absolute Gasteiger partial charge is 0.279 e. The number of fused-ring (bicyclic) bond motifs is 1. The Bertz CT molecular complexity index is 872. The van der Waals surface area contributed by atoms with E-state index in [0.29, 0.717) is 6.54 Å². The van der Waals surface area contributed by atoms with Crippen LogP contribution < -0.4 is 19.9 Å². The van der Waals surface area contributed by atoms with Gasteiger partial charge in [-0.3, -0.25) is 4.79 Å². The molecule has 0 aromatic heterocycles. The van der Waals surface area contributed by atoms with Crippen molar-refractivity contribution in [2.45, 2.75) is 33.2 Å². The second-order valence-corrected chi connectivity index (χ2v) is 8.40. The van der Waals surface area contributed by atoms with E-state index < -0.39 is 0 Å². The lowest BCUT2D eigenvalue weighted by molar-refractivity contribution is -1.02. The van der Waals surface area contributed by atoms with E-state index in [2.05, 4.69) is 55.6 Å².